The largest absolute Gasteiger partial charge is 0.480 e. The van der Waals surface area contributed by atoms with Crippen molar-refractivity contribution in [3.05, 3.63) is 0 Å². The van der Waals surface area contributed by atoms with E-state index >= 15 is 0 Å². The molecule has 0 radical (unpaired) electrons. The van der Waals surface area contributed by atoms with Crippen LogP contribution in [-0.4, -0.2) is 41.0 Å². The molecule has 0 rings (SSSR count). The number of hydrogen-bond acceptors (Lipinski definition) is 4. The van der Waals surface area contributed by atoms with Crippen molar-refractivity contribution in [3.63, 3.8) is 0 Å². The van der Waals surface area contributed by atoms with Gasteiger partial charge in [-0.3, -0.25) is 9.59 Å². The predicted molar refractivity (Wildman–Crippen MR) is 93.2 cm³/mol. The maximum absolute atomic E-state index is 12.4. The Hall–Kier alpha value is -1.63. The smallest absolute Gasteiger partial charge is 0.326 e. The predicted octanol–water partition coefficient (Wildman–Crippen LogP) is 1.12. The van der Waals surface area contributed by atoms with Crippen LogP contribution in [0.15, 0.2) is 0 Å². The second kappa shape index (κ2) is 10.3. The van der Waals surface area contributed by atoms with Crippen molar-refractivity contribution in [2.45, 2.75) is 72.5 Å². The summed E-state index contributed by atoms with van der Waals surface area (Å²) in [5.74, 6) is -1.81. The third-order valence-electron chi connectivity index (χ3n) is 3.63. The molecule has 3 unspecified atom stereocenters. The molecule has 0 saturated heterocycles. The SMILES string of the molecule is CC(C)CC(N)C(=O)NC(CC(C)C)C(=O)NC(C(=O)O)C(C)C. The molecule has 0 aromatic heterocycles. The quantitative estimate of drug-likeness (QED) is 0.473. The maximum Gasteiger partial charge on any atom is 0.326 e. The monoisotopic (exact) mass is 343 g/mol. The molecular formula is C17H33N3O4. The fourth-order valence-corrected chi connectivity index (χ4v) is 2.36. The first kappa shape index (κ1) is 22.4. The third-order valence-corrected chi connectivity index (χ3v) is 3.63. The third kappa shape index (κ3) is 8.29. The van der Waals surface area contributed by atoms with Crippen LogP contribution in [0.3, 0.4) is 0 Å². The van der Waals surface area contributed by atoms with E-state index in [1.54, 1.807) is 13.8 Å². The van der Waals surface area contributed by atoms with E-state index in [-0.39, 0.29) is 23.7 Å². The van der Waals surface area contributed by atoms with Crippen LogP contribution in [0.5, 0.6) is 0 Å². The number of aliphatic carboxylic acids is 1. The van der Waals surface area contributed by atoms with E-state index in [4.69, 9.17) is 5.73 Å². The molecule has 5 N–H and O–H groups in total. The van der Waals surface area contributed by atoms with Crippen LogP contribution in [0.1, 0.15) is 54.4 Å². The number of hydrogen-bond donors (Lipinski definition) is 4. The van der Waals surface area contributed by atoms with Crippen molar-refractivity contribution in [2.75, 3.05) is 0 Å². The van der Waals surface area contributed by atoms with Crippen LogP contribution in [0.4, 0.5) is 0 Å². The number of rotatable bonds is 10. The summed E-state index contributed by atoms with van der Waals surface area (Å²) >= 11 is 0. The topological polar surface area (TPSA) is 122 Å². The highest BCUT2D eigenvalue weighted by molar-refractivity contribution is 5.91. The van der Waals surface area contributed by atoms with Gasteiger partial charge in [-0.2, -0.15) is 0 Å². The molecule has 0 aliphatic heterocycles. The minimum atomic E-state index is -1.09. The first-order valence-electron chi connectivity index (χ1n) is 8.54. The summed E-state index contributed by atoms with van der Waals surface area (Å²) in [6, 6.07) is -2.47. The van der Waals surface area contributed by atoms with Gasteiger partial charge >= 0.3 is 5.97 Å². The first-order valence-corrected chi connectivity index (χ1v) is 8.54. The molecule has 0 aromatic carbocycles. The van der Waals surface area contributed by atoms with Gasteiger partial charge in [-0.05, 0) is 30.6 Å². The van der Waals surface area contributed by atoms with Gasteiger partial charge in [0.05, 0.1) is 6.04 Å². The molecule has 7 nitrogen and oxygen atoms in total. The van der Waals surface area contributed by atoms with Crippen LogP contribution in [0.2, 0.25) is 0 Å². The molecule has 0 aliphatic rings. The summed E-state index contributed by atoms with van der Waals surface area (Å²) in [6.45, 7) is 11.2. The van der Waals surface area contributed by atoms with Gasteiger partial charge in [0.2, 0.25) is 11.8 Å². The van der Waals surface area contributed by atoms with Gasteiger partial charge in [0.1, 0.15) is 12.1 Å². The Labute approximate surface area is 144 Å². The zero-order valence-electron chi connectivity index (χ0n) is 15.6. The minimum Gasteiger partial charge on any atom is -0.480 e. The molecule has 0 aliphatic carbocycles. The van der Waals surface area contributed by atoms with Crippen LogP contribution in [0, 0.1) is 17.8 Å². The summed E-state index contributed by atoms with van der Waals surface area (Å²) in [5, 5.41) is 14.4. The molecule has 24 heavy (non-hydrogen) atoms. The van der Waals surface area contributed by atoms with Crippen LogP contribution in [-0.2, 0) is 14.4 Å². The molecule has 0 aromatic rings. The van der Waals surface area contributed by atoms with E-state index in [1.165, 1.54) is 0 Å². The van der Waals surface area contributed by atoms with Gasteiger partial charge in [-0.1, -0.05) is 41.5 Å². The highest BCUT2D eigenvalue weighted by Gasteiger charge is 2.29. The Bertz CT molecular complexity index is 436. The molecule has 0 saturated carbocycles. The van der Waals surface area contributed by atoms with Gasteiger partial charge in [-0.15, -0.1) is 0 Å². The van der Waals surface area contributed by atoms with Gasteiger partial charge in [-0.25, -0.2) is 4.79 Å². The van der Waals surface area contributed by atoms with Crippen molar-refractivity contribution < 1.29 is 19.5 Å². The van der Waals surface area contributed by atoms with Crippen LogP contribution in [0.25, 0.3) is 0 Å². The number of nitrogens with two attached hydrogens (primary N) is 1. The van der Waals surface area contributed by atoms with E-state index in [0.717, 1.165) is 0 Å². The Balaban J connectivity index is 5.01. The standard InChI is InChI=1S/C17H33N3O4/c1-9(2)7-12(18)15(21)19-13(8-10(3)4)16(22)20-14(11(5)6)17(23)24/h9-14H,7-8,18H2,1-6H3,(H,19,21)(H,20,22)(H,23,24). The Morgan fingerprint density at radius 1 is 0.875 bits per heavy atom. The van der Waals surface area contributed by atoms with Gasteiger partial charge < -0.3 is 21.5 Å². The summed E-state index contributed by atoms with van der Waals surface area (Å²) < 4.78 is 0. The van der Waals surface area contributed by atoms with Crippen molar-refractivity contribution in [3.8, 4) is 0 Å². The number of carboxylic acid groups (broad SMARTS) is 1. The van der Waals surface area contributed by atoms with E-state index < -0.39 is 30.0 Å². The van der Waals surface area contributed by atoms with E-state index in [0.29, 0.717) is 12.8 Å². The number of carbonyl (C=O) groups is 3. The lowest BCUT2D eigenvalue weighted by Gasteiger charge is -2.25. The lowest BCUT2D eigenvalue weighted by atomic mass is 9.99. The maximum atomic E-state index is 12.4. The minimum absolute atomic E-state index is 0.157. The van der Waals surface area contributed by atoms with Crippen molar-refractivity contribution in [1.29, 1.82) is 0 Å². The number of carboxylic acids is 1. The van der Waals surface area contributed by atoms with Crippen LogP contribution >= 0.6 is 0 Å². The molecular weight excluding hydrogens is 310 g/mol. The Kier molecular flexibility index (Phi) is 9.58. The Morgan fingerprint density at radius 2 is 1.38 bits per heavy atom. The molecule has 0 bridgehead atoms. The average Bonchev–Trinajstić information content (AvgIpc) is 2.41. The van der Waals surface area contributed by atoms with E-state index in [9.17, 15) is 19.5 Å². The fraction of sp³-hybridized carbons (Fsp3) is 0.824. The number of nitrogens with one attached hydrogen (secondary N) is 2. The zero-order valence-corrected chi connectivity index (χ0v) is 15.6. The first-order chi connectivity index (χ1) is 11.0. The normalized spacial score (nSPS) is 15.2. The molecule has 2 amide bonds. The highest BCUT2D eigenvalue weighted by Crippen LogP contribution is 2.09. The summed E-state index contributed by atoms with van der Waals surface area (Å²) in [6.07, 6.45) is 0.933. The summed E-state index contributed by atoms with van der Waals surface area (Å²) in [5.41, 5.74) is 5.86. The molecule has 140 valence electrons. The zero-order chi connectivity index (χ0) is 19.0. The van der Waals surface area contributed by atoms with Crippen LogP contribution < -0.4 is 16.4 Å². The average molecular weight is 343 g/mol. The number of carbonyl (C=O) groups excluding carboxylic acids is 2. The molecule has 0 heterocycles. The molecule has 3 atom stereocenters. The van der Waals surface area contributed by atoms with E-state index in [1.807, 2.05) is 27.7 Å². The molecule has 0 fully saturated rings. The second-order valence-electron chi connectivity index (χ2n) is 7.50. The highest BCUT2D eigenvalue weighted by atomic mass is 16.4. The van der Waals surface area contributed by atoms with Crippen molar-refractivity contribution in [1.82, 2.24) is 10.6 Å². The van der Waals surface area contributed by atoms with Crippen molar-refractivity contribution >= 4 is 17.8 Å². The van der Waals surface area contributed by atoms with E-state index in [2.05, 4.69) is 10.6 Å². The fourth-order valence-electron chi connectivity index (χ4n) is 2.36. The Morgan fingerprint density at radius 3 is 1.75 bits per heavy atom. The number of amides is 2. The summed E-state index contributed by atoms with van der Waals surface area (Å²) in [7, 11) is 0. The molecule has 7 heteroatoms. The van der Waals surface area contributed by atoms with Gasteiger partial charge in [0.25, 0.3) is 0 Å². The molecule has 0 spiro atoms. The van der Waals surface area contributed by atoms with Gasteiger partial charge in [0, 0.05) is 0 Å². The lowest BCUT2D eigenvalue weighted by Crippen LogP contribution is -2.55. The lowest BCUT2D eigenvalue weighted by molar-refractivity contribution is -0.143. The van der Waals surface area contributed by atoms with Gasteiger partial charge in [0.15, 0.2) is 0 Å². The second-order valence-corrected chi connectivity index (χ2v) is 7.50. The van der Waals surface area contributed by atoms with Crippen molar-refractivity contribution in [2.24, 2.45) is 23.5 Å². The summed E-state index contributed by atoms with van der Waals surface area (Å²) in [4.78, 5) is 35.9.